The van der Waals surface area contributed by atoms with Gasteiger partial charge in [-0.1, -0.05) is 0 Å². The third-order valence-electron chi connectivity index (χ3n) is 2.01. The van der Waals surface area contributed by atoms with E-state index in [0.717, 1.165) is 11.8 Å². The van der Waals surface area contributed by atoms with Crippen molar-refractivity contribution in [1.82, 2.24) is 0 Å². The number of nitrogens with zero attached hydrogens (tertiary/aromatic N) is 2. The zero-order valence-electron chi connectivity index (χ0n) is 7.27. The first-order valence-corrected chi connectivity index (χ1v) is 4.74. The van der Waals surface area contributed by atoms with Crippen LogP contribution in [0.15, 0.2) is 17.0 Å². The molecule has 0 fully saturated rings. The summed E-state index contributed by atoms with van der Waals surface area (Å²) >= 11 is 0.718. The van der Waals surface area contributed by atoms with Crippen LogP contribution in [-0.2, 0) is 4.79 Å². The van der Waals surface area contributed by atoms with Gasteiger partial charge in [-0.05, 0) is 23.9 Å². The van der Waals surface area contributed by atoms with Crippen molar-refractivity contribution in [3.05, 3.63) is 28.8 Å². The zero-order chi connectivity index (χ0) is 11.0. The van der Waals surface area contributed by atoms with Gasteiger partial charge in [0.2, 0.25) is 5.78 Å². The SMILES string of the molecule is N#Cc1ccc2c(c1C#N)SC(=O)C2=O. The Labute approximate surface area is 89.1 Å². The largest absolute Gasteiger partial charge is 0.284 e. The minimum atomic E-state index is -0.601. The van der Waals surface area contributed by atoms with Crippen molar-refractivity contribution in [2.75, 3.05) is 0 Å². The predicted octanol–water partition coefficient (Wildman–Crippen LogP) is 1.24. The van der Waals surface area contributed by atoms with Gasteiger partial charge in [0, 0.05) is 10.5 Å². The summed E-state index contributed by atoms with van der Waals surface area (Å²) in [5.74, 6) is -0.601. The molecule has 70 valence electrons. The van der Waals surface area contributed by atoms with E-state index in [1.165, 1.54) is 12.1 Å². The quantitative estimate of drug-likeness (QED) is 0.607. The average Bonchev–Trinajstić information content (AvgIpc) is 2.54. The first-order chi connectivity index (χ1) is 7.19. The van der Waals surface area contributed by atoms with E-state index in [-0.39, 0.29) is 16.7 Å². The maximum Gasteiger partial charge on any atom is 0.264 e. The lowest BCUT2D eigenvalue weighted by Gasteiger charge is -1.99. The third kappa shape index (κ3) is 1.22. The number of rotatable bonds is 0. The normalized spacial score (nSPS) is 13.2. The number of nitriles is 2. The van der Waals surface area contributed by atoms with Gasteiger partial charge in [-0.15, -0.1) is 0 Å². The number of hydrogen-bond donors (Lipinski definition) is 0. The maximum absolute atomic E-state index is 11.3. The summed E-state index contributed by atoms with van der Waals surface area (Å²) in [7, 11) is 0. The Morgan fingerprint density at radius 3 is 2.47 bits per heavy atom. The van der Waals surface area contributed by atoms with Crippen LogP contribution < -0.4 is 0 Å². The summed E-state index contributed by atoms with van der Waals surface area (Å²) in [5, 5.41) is 17.0. The molecule has 0 saturated heterocycles. The first-order valence-electron chi connectivity index (χ1n) is 3.92. The number of carbonyl (C=O) groups excluding carboxylic acids is 2. The Balaban J connectivity index is 2.78. The predicted molar refractivity (Wildman–Crippen MR) is 51.1 cm³/mol. The minimum Gasteiger partial charge on any atom is -0.284 e. The molecule has 0 N–H and O–H groups in total. The topological polar surface area (TPSA) is 81.7 Å². The molecule has 0 amide bonds. The Morgan fingerprint density at radius 1 is 1.13 bits per heavy atom. The highest BCUT2D eigenvalue weighted by Gasteiger charge is 2.32. The van der Waals surface area contributed by atoms with Crippen LogP contribution in [-0.4, -0.2) is 10.9 Å². The third-order valence-corrected chi connectivity index (χ3v) is 3.01. The van der Waals surface area contributed by atoms with Crippen molar-refractivity contribution in [3.8, 4) is 12.1 Å². The van der Waals surface area contributed by atoms with Crippen molar-refractivity contribution in [1.29, 1.82) is 10.5 Å². The number of benzene rings is 1. The van der Waals surface area contributed by atoms with E-state index in [2.05, 4.69) is 0 Å². The molecule has 1 heterocycles. The van der Waals surface area contributed by atoms with Crippen molar-refractivity contribution < 1.29 is 9.59 Å². The zero-order valence-corrected chi connectivity index (χ0v) is 8.09. The highest BCUT2D eigenvalue weighted by atomic mass is 32.2. The molecule has 1 aliphatic heterocycles. The highest BCUT2D eigenvalue weighted by molar-refractivity contribution is 8.16. The van der Waals surface area contributed by atoms with Gasteiger partial charge in [-0.2, -0.15) is 10.5 Å². The number of thioether (sulfide) groups is 1. The number of fused-ring (bicyclic) bond motifs is 1. The van der Waals surface area contributed by atoms with Gasteiger partial charge >= 0.3 is 0 Å². The second-order valence-corrected chi connectivity index (χ2v) is 3.79. The van der Waals surface area contributed by atoms with Gasteiger partial charge < -0.3 is 0 Å². The van der Waals surface area contributed by atoms with Crippen LogP contribution in [0.1, 0.15) is 21.5 Å². The lowest BCUT2D eigenvalue weighted by Crippen LogP contribution is -2.02. The van der Waals surface area contributed by atoms with E-state index >= 15 is 0 Å². The molecule has 15 heavy (non-hydrogen) atoms. The summed E-state index contributed by atoms with van der Waals surface area (Å²) < 4.78 is 0. The fraction of sp³-hybridized carbons (Fsp3) is 0. The number of Topliss-reactive ketones (excluding diaryl/α,β-unsaturated/α-hetero) is 1. The number of ketones is 1. The van der Waals surface area contributed by atoms with Crippen LogP contribution in [0.3, 0.4) is 0 Å². The van der Waals surface area contributed by atoms with Gasteiger partial charge in [-0.3, -0.25) is 9.59 Å². The second-order valence-electron chi connectivity index (χ2n) is 2.81. The number of hydrogen-bond acceptors (Lipinski definition) is 5. The molecule has 2 rings (SSSR count). The molecule has 0 atom stereocenters. The van der Waals surface area contributed by atoms with Crippen LogP contribution in [0, 0.1) is 22.7 Å². The summed E-state index contributed by atoms with van der Waals surface area (Å²) in [5.41, 5.74) is 0.519. The van der Waals surface area contributed by atoms with Gasteiger partial charge in [0.1, 0.15) is 12.1 Å². The van der Waals surface area contributed by atoms with E-state index in [9.17, 15) is 9.59 Å². The van der Waals surface area contributed by atoms with Gasteiger partial charge in [0.05, 0.1) is 11.1 Å². The molecule has 0 radical (unpaired) electrons. The molecule has 1 aromatic rings. The lowest BCUT2D eigenvalue weighted by molar-refractivity contribution is -0.107. The first kappa shape index (κ1) is 9.45. The summed E-state index contributed by atoms with van der Waals surface area (Å²) in [4.78, 5) is 22.7. The second kappa shape index (κ2) is 3.23. The molecular formula is C10H2N2O2S. The van der Waals surface area contributed by atoms with E-state index in [1.807, 2.05) is 12.1 Å². The van der Waals surface area contributed by atoms with Crippen molar-refractivity contribution in [3.63, 3.8) is 0 Å². The maximum atomic E-state index is 11.3. The Morgan fingerprint density at radius 2 is 1.87 bits per heavy atom. The standard InChI is InChI=1S/C10H2N2O2S/c11-3-5-1-2-6-8(13)10(14)15-9(6)7(5)4-12/h1-2H. The molecule has 0 bridgehead atoms. The van der Waals surface area contributed by atoms with E-state index in [4.69, 9.17) is 10.5 Å². The molecule has 0 unspecified atom stereocenters. The van der Waals surface area contributed by atoms with Gasteiger partial charge in [-0.25, -0.2) is 0 Å². The molecule has 1 aliphatic rings. The van der Waals surface area contributed by atoms with Crippen LogP contribution in [0.4, 0.5) is 0 Å². The smallest absolute Gasteiger partial charge is 0.264 e. The summed E-state index contributed by atoms with van der Waals surface area (Å²) in [6, 6.07) is 6.48. The average molecular weight is 214 g/mol. The molecule has 0 aromatic heterocycles. The van der Waals surface area contributed by atoms with E-state index in [0.29, 0.717) is 4.90 Å². The van der Waals surface area contributed by atoms with Gasteiger partial charge in [0.15, 0.2) is 0 Å². The molecule has 1 aromatic carbocycles. The summed E-state index contributed by atoms with van der Waals surface area (Å²) in [6.07, 6.45) is 0. The van der Waals surface area contributed by atoms with E-state index < -0.39 is 10.9 Å². The Kier molecular flexibility index (Phi) is 2.03. The van der Waals surface area contributed by atoms with Crippen LogP contribution >= 0.6 is 11.8 Å². The van der Waals surface area contributed by atoms with E-state index in [1.54, 1.807) is 0 Å². The van der Waals surface area contributed by atoms with Crippen LogP contribution in [0.25, 0.3) is 0 Å². The fourth-order valence-electron chi connectivity index (χ4n) is 1.32. The molecule has 0 aliphatic carbocycles. The molecule has 0 spiro atoms. The molecule has 5 heteroatoms. The van der Waals surface area contributed by atoms with Crippen LogP contribution in [0.5, 0.6) is 0 Å². The molecular weight excluding hydrogens is 212 g/mol. The van der Waals surface area contributed by atoms with Crippen molar-refractivity contribution in [2.24, 2.45) is 0 Å². The lowest BCUT2D eigenvalue weighted by atomic mass is 10.0. The summed E-state index contributed by atoms with van der Waals surface area (Å²) in [6.45, 7) is 0. The monoisotopic (exact) mass is 214 g/mol. The fourth-order valence-corrected chi connectivity index (χ4v) is 2.24. The Bertz CT molecular complexity index is 578. The molecule has 0 saturated carbocycles. The minimum absolute atomic E-state index is 0.110. The van der Waals surface area contributed by atoms with Crippen molar-refractivity contribution in [2.45, 2.75) is 4.90 Å². The van der Waals surface area contributed by atoms with Crippen LogP contribution in [0.2, 0.25) is 0 Å². The molecule has 4 nitrogen and oxygen atoms in total. The van der Waals surface area contributed by atoms with Gasteiger partial charge in [0.25, 0.3) is 5.12 Å². The Hall–Kier alpha value is -2.11. The highest BCUT2D eigenvalue weighted by Crippen LogP contribution is 2.36. The number of carbonyl (C=O) groups is 2. The van der Waals surface area contributed by atoms with Crippen molar-refractivity contribution >= 4 is 22.7 Å².